The first-order valence-corrected chi connectivity index (χ1v) is 9.99. The van der Waals surface area contributed by atoms with Gasteiger partial charge in [0.15, 0.2) is 9.84 Å². The van der Waals surface area contributed by atoms with Crippen molar-refractivity contribution in [1.29, 1.82) is 0 Å². The molecule has 0 amide bonds. The lowest BCUT2D eigenvalue weighted by molar-refractivity contribution is 0.0696. The van der Waals surface area contributed by atoms with Gasteiger partial charge < -0.3 is 10.2 Å². The standard InChI is InChI=1S/C12H14ClNO7S2/c1-14(9-5-22(18,19)6-10(9)15)23(20,21)11-4-7(12(16)17)2-3-8(11)13/h2-4,9-10,15H,5-6H2,1H3,(H,16,17)/t9-,10-/m0/s1. The summed E-state index contributed by atoms with van der Waals surface area (Å²) in [5, 5.41) is 18.6. The number of aromatic carboxylic acids is 1. The summed E-state index contributed by atoms with van der Waals surface area (Å²) in [5.74, 6) is -2.37. The molecule has 1 aromatic carbocycles. The molecule has 0 bridgehead atoms. The van der Waals surface area contributed by atoms with E-state index in [0.29, 0.717) is 0 Å². The van der Waals surface area contributed by atoms with E-state index in [2.05, 4.69) is 0 Å². The maximum atomic E-state index is 12.6. The highest BCUT2D eigenvalue weighted by Gasteiger charge is 2.43. The summed E-state index contributed by atoms with van der Waals surface area (Å²) in [5.41, 5.74) is -0.277. The summed E-state index contributed by atoms with van der Waals surface area (Å²) in [7, 11) is -6.71. The van der Waals surface area contributed by atoms with Crippen molar-refractivity contribution in [3.05, 3.63) is 28.8 Å². The Kier molecular flexibility index (Phi) is 4.75. The van der Waals surface area contributed by atoms with E-state index in [1.54, 1.807) is 0 Å². The van der Waals surface area contributed by atoms with Crippen molar-refractivity contribution in [2.75, 3.05) is 18.6 Å². The number of nitrogens with zero attached hydrogens (tertiary/aromatic N) is 1. The van der Waals surface area contributed by atoms with E-state index in [-0.39, 0.29) is 10.6 Å². The van der Waals surface area contributed by atoms with Crippen LogP contribution in [0.2, 0.25) is 5.02 Å². The molecular weight excluding hydrogens is 370 g/mol. The van der Waals surface area contributed by atoms with E-state index in [1.165, 1.54) is 0 Å². The summed E-state index contributed by atoms with van der Waals surface area (Å²) in [6.07, 6.45) is -1.36. The van der Waals surface area contributed by atoms with E-state index in [9.17, 15) is 26.7 Å². The Labute approximate surface area is 138 Å². The molecule has 2 atom stereocenters. The zero-order chi connectivity index (χ0) is 17.6. The minimum Gasteiger partial charge on any atom is -0.478 e. The molecule has 0 radical (unpaired) electrons. The lowest BCUT2D eigenvalue weighted by Crippen LogP contribution is -2.44. The van der Waals surface area contributed by atoms with Crippen molar-refractivity contribution in [3.8, 4) is 0 Å². The molecule has 1 heterocycles. The lowest BCUT2D eigenvalue weighted by Gasteiger charge is -2.25. The van der Waals surface area contributed by atoms with Crippen LogP contribution in [-0.4, -0.2) is 68.0 Å². The molecule has 11 heteroatoms. The monoisotopic (exact) mass is 383 g/mol. The van der Waals surface area contributed by atoms with Crippen LogP contribution in [0.5, 0.6) is 0 Å². The van der Waals surface area contributed by atoms with Gasteiger partial charge in [-0.3, -0.25) is 0 Å². The predicted molar refractivity (Wildman–Crippen MR) is 81.8 cm³/mol. The summed E-state index contributed by atoms with van der Waals surface area (Å²) in [4.78, 5) is 10.5. The van der Waals surface area contributed by atoms with Gasteiger partial charge in [-0.25, -0.2) is 21.6 Å². The number of carboxylic acids is 1. The fraction of sp³-hybridized carbons (Fsp3) is 0.417. The second kappa shape index (κ2) is 6.02. The summed E-state index contributed by atoms with van der Waals surface area (Å²) >= 11 is 5.85. The van der Waals surface area contributed by atoms with Crippen molar-refractivity contribution in [2.24, 2.45) is 0 Å². The van der Waals surface area contributed by atoms with Crippen molar-refractivity contribution in [1.82, 2.24) is 4.31 Å². The lowest BCUT2D eigenvalue weighted by atomic mass is 10.2. The van der Waals surface area contributed by atoms with E-state index in [4.69, 9.17) is 16.7 Å². The average molecular weight is 384 g/mol. The molecule has 8 nitrogen and oxygen atoms in total. The zero-order valence-electron chi connectivity index (χ0n) is 11.9. The molecule has 23 heavy (non-hydrogen) atoms. The molecule has 1 fully saturated rings. The molecule has 0 spiro atoms. The normalized spacial score (nSPS) is 24.0. The van der Waals surface area contributed by atoms with Gasteiger partial charge >= 0.3 is 5.97 Å². The number of hydrogen-bond donors (Lipinski definition) is 2. The summed E-state index contributed by atoms with van der Waals surface area (Å²) in [6, 6.07) is 2.02. The van der Waals surface area contributed by atoms with Gasteiger partial charge in [0, 0.05) is 7.05 Å². The Morgan fingerprint density at radius 3 is 2.43 bits per heavy atom. The van der Waals surface area contributed by atoms with Crippen molar-refractivity contribution >= 4 is 37.4 Å². The molecule has 2 rings (SSSR count). The van der Waals surface area contributed by atoms with Crippen LogP contribution in [-0.2, 0) is 19.9 Å². The number of aliphatic hydroxyl groups is 1. The summed E-state index contributed by atoms with van der Waals surface area (Å²) < 4.78 is 49.0. The molecule has 1 aromatic rings. The first-order chi connectivity index (χ1) is 10.5. The van der Waals surface area contributed by atoms with Crippen LogP contribution in [0.4, 0.5) is 0 Å². The van der Waals surface area contributed by atoms with Crippen LogP contribution in [0.1, 0.15) is 10.4 Å². The van der Waals surface area contributed by atoms with Gasteiger partial charge in [-0.05, 0) is 18.2 Å². The molecule has 0 unspecified atom stereocenters. The molecule has 2 N–H and O–H groups in total. The maximum absolute atomic E-state index is 12.6. The molecule has 128 valence electrons. The van der Waals surface area contributed by atoms with E-state index in [1.807, 2.05) is 0 Å². The number of sulfonamides is 1. The number of benzene rings is 1. The Hall–Kier alpha value is -1.20. The predicted octanol–water partition coefficient (Wildman–Crippen LogP) is -0.183. The number of aliphatic hydroxyl groups excluding tert-OH is 1. The number of halogens is 1. The quantitative estimate of drug-likeness (QED) is 0.737. The maximum Gasteiger partial charge on any atom is 0.335 e. The Morgan fingerprint density at radius 1 is 1.35 bits per heavy atom. The highest BCUT2D eigenvalue weighted by Crippen LogP contribution is 2.29. The fourth-order valence-corrected chi connectivity index (χ4v) is 6.15. The first-order valence-electron chi connectivity index (χ1n) is 6.35. The second-order valence-corrected chi connectivity index (χ2v) is 9.71. The van der Waals surface area contributed by atoms with Gasteiger partial charge in [0.1, 0.15) is 4.90 Å². The minimum absolute atomic E-state index is 0.197. The first kappa shape index (κ1) is 18.1. The van der Waals surface area contributed by atoms with Crippen LogP contribution < -0.4 is 0 Å². The number of likely N-dealkylation sites (N-methyl/N-ethyl adjacent to an activating group) is 1. The van der Waals surface area contributed by atoms with Crippen LogP contribution in [0.3, 0.4) is 0 Å². The molecule has 1 aliphatic rings. The topological polar surface area (TPSA) is 129 Å². The van der Waals surface area contributed by atoms with E-state index >= 15 is 0 Å². The smallest absolute Gasteiger partial charge is 0.335 e. The van der Waals surface area contributed by atoms with Crippen molar-refractivity contribution in [2.45, 2.75) is 17.0 Å². The highest BCUT2D eigenvalue weighted by atomic mass is 35.5. The van der Waals surface area contributed by atoms with Crippen molar-refractivity contribution < 1.29 is 31.8 Å². The van der Waals surface area contributed by atoms with Crippen LogP contribution in [0, 0.1) is 0 Å². The van der Waals surface area contributed by atoms with Gasteiger partial charge in [0.25, 0.3) is 0 Å². The molecular formula is C12H14ClNO7S2. The number of carboxylic acid groups (broad SMARTS) is 1. The third-order valence-corrected chi connectivity index (χ3v) is 7.66. The second-order valence-electron chi connectivity index (χ2n) is 5.18. The molecule has 0 saturated carbocycles. The minimum atomic E-state index is -4.28. The SMILES string of the molecule is CN([C@H]1CS(=O)(=O)C[C@@H]1O)S(=O)(=O)c1cc(C(=O)O)ccc1Cl. The largest absolute Gasteiger partial charge is 0.478 e. The number of rotatable bonds is 4. The third kappa shape index (κ3) is 3.50. The number of sulfone groups is 1. The average Bonchev–Trinajstić information content (AvgIpc) is 2.70. The molecule has 1 aliphatic heterocycles. The van der Waals surface area contributed by atoms with E-state index < -0.39 is 54.4 Å². The van der Waals surface area contributed by atoms with Crippen LogP contribution in [0.25, 0.3) is 0 Å². The zero-order valence-corrected chi connectivity index (χ0v) is 14.3. The van der Waals surface area contributed by atoms with Crippen LogP contribution >= 0.6 is 11.6 Å². The van der Waals surface area contributed by atoms with Gasteiger partial charge in [0.05, 0.1) is 34.2 Å². The van der Waals surface area contributed by atoms with Crippen molar-refractivity contribution in [3.63, 3.8) is 0 Å². The fourth-order valence-electron chi connectivity index (χ4n) is 2.33. The van der Waals surface area contributed by atoms with Crippen LogP contribution in [0.15, 0.2) is 23.1 Å². The number of hydrogen-bond acceptors (Lipinski definition) is 6. The highest BCUT2D eigenvalue weighted by molar-refractivity contribution is 7.92. The Balaban J connectivity index is 2.46. The van der Waals surface area contributed by atoms with Gasteiger partial charge in [-0.1, -0.05) is 11.6 Å². The number of carbonyl (C=O) groups is 1. The molecule has 0 aliphatic carbocycles. The van der Waals surface area contributed by atoms with Gasteiger partial charge in [-0.2, -0.15) is 4.31 Å². The van der Waals surface area contributed by atoms with E-state index in [0.717, 1.165) is 29.6 Å². The summed E-state index contributed by atoms with van der Waals surface area (Å²) in [6.45, 7) is 0. The van der Waals surface area contributed by atoms with Gasteiger partial charge in [-0.15, -0.1) is 0 Å². The Bertz CT molecular complexity index is 850. The third-order valence-electron chi connectivity index (χ3n) is 3.60. The Morgan fingerprint density at radius 2 is 1.96 bits per heavy atom. The van der Waals surface area contributed by atoms with Gasteiger partial charge in [0.2, 0.25) is 10.0 Å². The molecule has 0 aromatic heterocycles. The molecule has 1 saturated heterocycles.